The lowest BCUT2D eigenvalue weighted by Gasteiger charge is -2.23. The molecule has 0 aromatic carbocycles. The van der Waals surface area contributed by atoms with Gasteiger partial charge >= 0.3 is 11.7 Å². The number of aromatic nitrogens is 1. The lowest BCUT2D eigenvalue weighted by Crippen LogP contribution is -2.27. The summed E-state index contributed by atoms with van der Waals surface area (Å²) in [6.45, 7) is 2.68. The highest BCUT2D eigenvalue weighted by Crippen LogP contribution is 2.38. The van der Waals surface area contributed by atoms with Gasteiger partial charge in [-0.15, -0.1) is 0 Å². The summed E-state index contributed by atoms with van der Waals surface area (Å²) in [6.07, 6.45) is 2.19. The van der Waals surface area contributed by atoms with E-state index in [0.29, 0.717) is 6.54 Å². The number of hydrogen-bond acceptors (Lipinski definition) is 7. The van der Waals surface area contributed by atoms with Gasteiger partial charge in [0.25, 0.3) is 0 Å². The molecule has 7 nitrogen and oxygen atoms in total. The highest BCUT2D eigenvalue weighted by molar-refractivity contribution is 8.00. The number of nitrogens with zero attached hydrogens (tertiary/aromatic N) is 2. The van der Waals surface area contributed by atoms with Crippen molar-refractivity contribution in [3.05, 3.63) is 27.9 Å². The molecule has 114 valence electrons. The molecule has 1 N–H and O–H groups in total. The minimum Gasteiger partial charge on any atom is -0.464 e. The lowest BCUT2D eigenvalue weighted by molar-refractivity contribution is -0.384. The van der Waals surface area contributed by atoms with Crippen LogP contribution in [-0.4, -0.2) is 40.0 Å². The van der Waals surface area contributed by atoms with Crippen molar-refractivity contribution in [2.75, 3.05) is 24.7 Å². The van der Waals surface area contributed by atoms with E-state index in [-0.39, 0.29) is 21.9 Å². The molecule has 0 bridgehead atoms. The van der Waals surface area contributed by atoms with Crippen molar-refractivity contribution in [3.8, 4) is 0 Å². The zero-order chi connectivity index (χ0) is 15.5. The van der Waals surface area contributed by atoms with E-state index in [0.717, 1.165) is 18.6 Å². The van der Waals surface area contributed by atoms with Gasteiger partial charge in [0, 0.05) is 17.4 Å². The normalized spacial score (nSPS) is 21.0. The van der Waals surface area contributed by atoms with Crippen molar-refractivity contribution in [2.24, 2.45) is 0 Å². The van der Waals surface area contributed by atoms with Crippen LogP contribution in [0.3, 0.4) is 0 Å². The molecule has 1 fully saturated rings. The number of carbonyl (C=O) groups excluding carboxylic acids is 1. The first kappa shape index (κ1) is 15.6. The van der Waals surface area contributed by atoms with Crippen molar-refractivity contribution in [2.45, 2.75) is 24.5 Å². The maximum absolute atomic E-state index is 11.5. The number of methoxy groups -OCH3 is 1. The third kappa shape index (κ3) is 3.63. The van der Waals surface area contributed by atoms with E-state index in [2.05, 4.69) is 22.0 Å². The maximum Gasteiger partial charge on any atom is 0.356 e. The van der Waals surface area contributed by atoms with Crippen LogP contribution in [0.5, 0.6) is 0 Å². The Morgan fingerprint density at radius 2 is 2.38 bits per heavy atom. The Bertz CT molecular complexity index is 558. The van der Waals surface area contributed by atoms with Crippen molar-refractivity contribution in [1.29, 1.82) is 0 Å². The Labute approximate surface area is 126 Å². The highest BCUT2D eigenvalue weighted by Gasteiger charge is 2.30. The maximum atomic E-state index is 11.5. The second-order valence-electron chi connectivity index (χ2n) is 5.07. The van der Waals surface area contributed by atoms with E-state index >= 15 is 0 Å². The van der Waals surface area contributed by atoms with Crippen molar-refractivity contribution in [1.82, 2.24) is 4.98 Å². The lowest BCUT2D eigenvalue weighted by atomic mass is 10.1. The molecule has 2 rings (SSSR count). The van der Waals surface area contributed by atoms with Gasteiger partial charge in [0.15, 0.2) is 5.69 Å². The number of anilines is 1. The van der Waals surface area contributed by atoms with Crippen LogP contribution < -0.4 is 5.32 Å². The molecular formula is C13H17N3O4S. The summed E-state index contributed by atoms with van der Waals surface area (Å²) in [5.74, 6) is 0.585. The molecule has 21 heavy (non-hydrogen) atoms. The van der Waals surface area contributed by atoms with Gasteiger partial charge < -0.3 is 10.1 Å². The first-order valence-corrected chi connectivity index (χ1v) is 7.55. The number of thioether (sulfide) groups is 1. The first-order chi connectivity index (χ1) is 9.95. The molecule has 1 unspecified atom stereocenters. The van der Waals surface area contributed by atoms with Crippen molar-refractivity contribution < 1.29 is 14.5 Å². The Morgan fingerprint density at radius 1 is 1.62 bits per heavy atom. The predicted octanol–water partition coefficient (Wildman–Crippen LogP) is 2.47. The van der Waals surface area contributed by atoms with E-state index in [1.54, 1.807) is 0 Å². The standard InChI is InChI=1S/C13H17N3O4S/c1-13(6-3-7-21-13)8-14-11-10(16(18)19)5-4-9(15-11)12(17)20-2/h4-5H,3,6-8H2,1-2H3,(H,14,15). The Morgan fingerprint density at radius 3 is 2.95 bits per heavy atom. The van der Waals surface area contributed by atoms with E-state index < -0.39 is 10.9 Å². The highest BCUT2D eigenvalue weighted by atomic mass is 32.2. The molecule has 8 heteroatoms. The molecule has 0 aliphatic carbocycles. The van der Waals surface area contributed by atoms with E-state index in [1.807, 2.05) is 11.8 Å². The Hall–Kier alpha value is -1.83. The van der Waals surface area contributed by atoms with Gasteiger partial charge in [-0.05, 0) is 31.6 Å². The van der Waals surface area contributed by atoms with E-state index in [9.17, 15) is 14.9 Å². The van der Waals surface area contributed by atoms with Crippen LogP contribution in [0.4, 0.5) is 11.5 Å². The summed E-state index contributed by atoms with van der Waals surface area (Å²) in [7, 11) is 1.24. The smallest absolute Gasteiger partial charge is 0.356 e. The largest absolute Gasteiger partial charge is 0.464 e. The molecule has 1 aliphatic heterocycles. The molecule has 0 amide bonds. The summed E-state index contributed by atoms with van der Waals surface area (Å²) >= 11 is 1.84. The van der Waals surface area contributed by atoms with Crippen LogP contribution in [-0.2, 0) is 4.74 Å². The fourth-order valence-corrected chi connectivity index (χ4v) is 3.44. The SMILES string of the molecule is COC(=O)c1ccc([N+](=O)[O-])c(NCC2(C)CCCS2)n1. The Balaban J connectivity index is 2.22. The van der Waals surface area contributed by atoms with Crippen LogP contribution in [0, 0.1) is 10.1 Å². The molecular weight excluding hydrogens is 294 g/mol. The van der Waals surface area contributed by atoms with Crippen molar-refractivity contribution in [3.63, 3.8) is 0 Å². The molecule has 1 saturated heterocycles. The number of hydrogen-bond donors (Lipinski definition) is 1. The third-order valence-corrected chi connectivity index (χ3v) is 4.93. The number of pyridine rings is 1. The summed E-state index contributed by atoms with van der Waals surface area (Å²) in [5, 5.41) is 14.1. The van der Waals surface area contributed by atoms with Gasteiger partial charge in [0.2, 0.25) is 5.82 Å². The summed E-state index contributed by atoms with van der Waals surface area (Å²) < 4.78 is 4.62. The van der Waals surface area contributed by atoms with Gasteiger partial charge in [0.1, 0.15) is 0 Å². The van der Waals surface area contributed by atoms with Crippen LogP contribution >= 0.6 is 11.8 Å². The summed E-state index contributed by atoms with van der Waals surface area (Å²) in [4.78, 5) is 26.0. The minimum atomic E-state index is -0.616. The molecule has 0 saturated carbocycles. The average Bonchev–Trinajstić information content (AvgIpc) is 2.91. The molecule has 2 heterocycles. The number of ether oxygens (including phenoxy) is 1. The first-order valence-electron chi connectivity index (χ1n) is 6.57. The van der Waals surface area contributed by atoms with Crippen LogP contribution in [0.2, 0.25) is 0 Å². The quantitative estimate of drug-likeness (QED) is 0.507. The minimum absolute atomic E-state index is 0.0385. The summed E-state index contributed by atoms with van der Waals surface area (Å²) in [5.41, 5.74) is -0.0934. The van der Waals surface area contributed by atoms with Crippen LogP contribution in [0.15, 0.2) is 12.1 Å². The van der Waals surface area contributed by atoms with Gasteiger partial charge in [-0.3, -0.25) is 10.1 Å². The molecule has 1 atom stereocenters. The van der Waals surface area contributed by atoms with E-state index in [1.165, 1.54) is 19.2 Å². The fourth-order valence-electron chi connectivity index (χ4n) is 2.19. The van der Waals surface area contributed by atoms with Gasteiger partial charge in [-0.25, -0.2) is 9.78 Å². The molecule has 1 aliphatic rings. The summed E-state index contributed by atoms with van der Waals surface area (Å²) in [6, 6.07) is 2.56. The molecule has 0 radical (unpaired) electrons. The third-order valence-electron chi connectivity index (χ3n) is 3.40. The molecule has 1 aromatic rings. The van der Waals surface area contributed by atoms with Gasteiger partial charge in [0.05, 0.1) is 12.0 Å². The van der Waals surface area contributed by atoms with Gasteiger partial charge in [-0.2, -0.15) is 11.8 Å². The van der Waals surface area contributed by atoms with Gasteiger partial charge in [-0.1, -0.05) is 0 Å². The predicted molar refractivity (Wildman–Crippen MR) is 80.8 cm³/mol. The topological polar surface area (TPSA) is 94.4 Å². The van der Waals surface area contributed by atoms with E-state index in [4.69, 9.17) is 0 Å². The second kappa shape index (κ2) is 6.30. The fraction of sp³-hybridized carbons (Fsp3) is 0.538. The van der Waals surface area contributed by atoms with Crippen molar-refractivity contribution >= 4 is 29.2 Å². The monoisotopic (exact) mass is 311 g/mol. The number of nitro groups is 1. The number of esters is 1. The molecule has 1 aromatic heterocycles. The molecule has 0 spiro atoms. The number of rotatable bonds is 5. The number of nitrogens with one attached hydrogen (secondary N) is 1. The second-order valence-corrected chi connectivity index (χ2v) is 6.75. The number of carbonyl (C=O) groups is 1. The zero-order valence-corrected chi connectivity index (χ0v) is 12.7. The average molecular weight is 311 g/mol. The Kier molecular flexibility index (Phi) is 4.66. The van der Waals surface area contributed by atoms with Crippen LogP contribution in [0.25, 0.3) is 0 Å². The van der Waals surface area contributed by atoms with Crippen LogP contribution in [0.1, 0.15) is 30.3 Å². The zero-order valence-electron chi connectivity index (χ0n) is 11.9.